The number of nitrogens with zero attached hydrogens (tertiary/aromatic N) is 2. The number of likely N-dealkylation sites (tertiary alicyclic amines) is 1. The number of amides is 3. The van der Waals surface area contributed by atoms with Crippen LogP contribution in [0.4, 0.5) is 16.2 Å². The molecule has 2 fully saturated rings. The molecule has 5 rings (SSSR count). The molecule has 3 aromatic carbocycles. The van der Waals surface area contributed by atoms with E-state index in [2.05, 4.69) is 17.4 Å². The zero-order chi connectivity index (χ0) is 27.4. The number of cyclic esters (lactones) is 1. The first-order chi connectivity index (χ1) is 18.9. The predicted molar refractivity (Wildman–Crippen MR) is 153 cm³/mol. The van der Waals surface area contributed by atoms with Crippen molar-refractivity contribution in [1.29, 1.82) is 0 Å². The Kier molecular flexibility index (Phi) is 8.17. The number of carbonyl (C=O) groups is 3. The van der Waals surface area contributed by atoms with E-state index in [-0.39, 0.29) is 23.8 Å². The first kappa shape index (κ1) is 26.8. The maximum absolute atomic E-state index is 13.1. The van der Waals surface area contributed by atoms with Crippen LogP contribution in [0.3, 0.4) is 0 Å². The van der Waals surface area contributed by atoms with Gasteiger partial charge in [0.05, 0.1) is 12.5 Å². The average molecular weight is 546 g/mol. The van der Waals surface area contributed by atoms with Crippen LogP contribution in [0.2, 0.25) is 5.02 Å². The van der Waals surface area contributed by atoms with Gasteiger partial charge in [0.2, 0.25) is 5.91 Å². The normalized spacial score (nSPS) is 16.9. The molecule has 0 aromatic heterocycles. The van der Waals surface area contributed by atoms with Crippen LogP contribution in [0.1, 0.15) is 59.5 Å². The van der Waals surface area contributed by atoms with Crippen molar-refractivity contribution in [3.05, 3.63) is 94.5 Å². The van der Waals surface area contributed by atoms with Gasteiger partial charge >= 0.3 is 6.09 Å². The van der Waals surface area contributed by atoms with E-state index in [0.717, 1.165) is 36.2 Å². The van der Waals surface area contributed by atoms with Gasteiger partial charge in [0.25, 0.3) is 5.91 Å². The van der Waals surface area contributed by atoms with Crippen molar-refractivity contribution in [3.63, 3.8) is 0 Å². The third-order valence-corrected chi connectivity index (χ3v) is 7.84. The Labute approximate surface area is 233 Å². The summed E-state index contributed by atoms with van der Waals surface area (Å²) in [5.41, 5.74) is 4.25. The molecule has 8 heteroatoms. The number of hydrogen-bond donors (Lipinski definition) is 1. The number of rotatable bonds is 6. The molecule has 0 radical (unpaired) electrons. The third-order valence-electron chi connectivity index (χ3n) is 7.59. The molecule has 0 saturated carbocycles. The van der Waals surface area contributed by atoms with E-state index >= 15 is 0 Å². The fourth-order valence-corrected chi connectivity index (χ4v) is 5.29. The molecule has 7 nitrogen and oxygen atoms in total. The molecule has 202 valence electrons. The molecule has 39 heavy (non-hydrogen) atoms. The van der Waals surface area contributed by atoms with Crippen LogP contribution >= 0.6 is 11.6 Å². The second-order valence-electron chi connectivity index (χ2n) is 10.1. The number of ether oxygens (including phenoxy) is 1. The molecule has 2 aliphatic heterocycles. The van der Waals surface area contributed by atoms with Crippen molar-refractivity contribution in [2.45, 2.75) is 38.0 Å². The summed E-state index contributed by atoms with van der Waals surface area (Å²) in [4.78, 5) is 41.3. The fraction of sp³-hybridized carbons (Fsp3) is 0.323. The van der Waals surface area contributed by atoms with Gasteiger partial charge in [-0.05, 0) is 91.8 Å². The molecule has 0 aliphatic carbocycles. The van der Waals surface area contributed by atoms with E-state index in [4.69, 9.17) is 16.3 Å². The summed E-state index contributed by atoms with van der Waals surface area (Å²) in [6.45, 7) is 4.31. The van der Waals surface area contributed by atoms with Crippen LogP contribution in [0.15, 0.2) is 72.8 Å². The van der Waals surface area contributed by atoms with Gasteiger partial charge in [-0.15, -0.1) is 0 Å². The van der Waals surface area contributed by atoms with E-state index in [0.29, 0.717) is 42.7 Å². The highest BCUT2D eigenvalue weighted by Gasteiger charge is 2.26. The largest absolute Gasteiger partial charge is 0.449 e. The summed E-state index contributed by atoms with van der Waals surface area (Å²) < 4.78 is 5.11. The molecular formula is C31H32ClN3O4. The number of anilines is 2. The number of benzene rings is 3. The monoisotopic (exact) mass is 545 g/mol. The minimum absolute atomic E-state index is 0.00842. The number of carbonyl (C=O) groups excluding carboxylic acids is 3. The molecule has 0 spiro atoms. The SMILES string of the molecule is CC(C(=O)Nc1ccc(C2CCN(C(=O)c3ccc(N4CCCOC4=O)cc3)CC2)cc1)c1ccc(Cl)cc1. The Morgan fingerprint density at radius 1 is 0.923 bits per heavy atom. The topological polar surface area (TPSA) is 79.0 Å². The maximum atomic E-state index is 13.1. The molecule has 0 bridgehead atoms. The number of nitrogens with one attached hydrogen (secondary N) is 1. The van der Waals surface area contributed by atoms with Crippen LogP contribution in [-0.4, -0.2) is 49.0 Å². The van der Waals surface area contributed by atoms with E-state index < -0.39 is 0 Å². The first-order valence-corrected chi connectivity index (χ1v) is 13.8. The number of halogens is 1. The number of hydrogen-bond acceptors (Lipinski definition) is 4. The fourth-order valence-electron chi connectivity index (χ4n) is 5.16. The van der Waals surface area contributed by atoms with Crippen molar-refractivity contribution in [1.82, 2.24) is 4.90 Å². The van der Waals surface area contributed by atoms with Gasteiger partial charge in [0, 0.05) is 41.6 Å². The van der Waals surface area contributed by atoms with Gasteiger partial charge < -0.3 is 15.0 Å². The standard InChI is InChI=1S/C31H32ClN3O4/c1-21(22-3-9-26(32)10-4-22)29(36)33-27-11-5-23(6-12-27)24-15-18-34(19-16-24)30(37)25-7-13-28(14-8-25)35-17-2-20-39-31(35)38/h3-14,21,24H,2,15-20H2,1H3,(H,33,36). The second-order valence-corrected chi connectivity index (χ2v) is 10.6. The van der Waals surface area contributed by atoms with Crippen molar-refractivity contribution in [3.8, 4) is 0 Å². The van der Waals surface area contributed by atoms with Crippen LogP contribution < -0.4 is 10.2 Å². The van der Waals surface area contributed by atoms with E-state index in [9.17, 15) is 14.4 Å². The smallest absolute Gasteiger partial charge is 0.414 e. The Balaban J connectivity index is 1.13. The molecule has 3 amide bonds. The lowest BCUT2D eigenvalue weighted by Gasteiger charge is -2.32. The first-order valence-electron chi connectivity index (χ1n) is 13.4. The molecule has 1 N–H and O–H groups in total. The highest BCUT2D eigenvalue weighted by molar-refractivity contribution is 6.30. The van der Waals surface area contributed by atoms with Crippen LogP contribution in [0, 0.1) is 0 Å². The lowest BCUT2D eigenvalue weighted by Crippen LogP contribution is -2.38. The zero-order valence-corrected chi connectivity index (χ0v) is 22.7. The van der Waals surface area contributed by atoms with Crippen molar-refractivity contribution in [2.24, 2.45) is 0 Å². The van der Waals surface area contributed by atoms with E-state index in [1.807, 2.05) is 48.2 Å². The van der Waals surface area contributed by atoms with Gasteiger partial charge in [-0.3, -0.25) is 14.5 Å². The molecule has 3 aromatic rings. The maximum Gasteiger partial charge on any atom is 0.414 e. The Morgan fingerprint density at radius 3 is 2.23 bits per heavy atom. The summed E-state index contributed by atoms with van der Waals surface area (Å²) in [7, 11) is 0. The minimum Gasteiger partial charge on any atom is -0.449 e. The Bertz CT molecular complexity index is 1320. The van der Waals surface area contributed by atoms with Crippen molar-refractivity contribution < 1.29 is 19.1 Å². The summed E-state index contributed by atoms with van der Waals surface area (Å²) in [5.74, 6) is 0.00967. The van der Waals surface area contributed by atoms with Gasteiger partial charge in [-0.1, -0.05) is 35.9 Å². The lowest BCUT2D eigenvalue weighted by molar-refractivity contribution is -0.117. The highest BCUT2D eigenvalue weighted by Crippen LogP contribution is 2.30. The zero-order valence-electron chi connectivity index (χ0n) is 21.9. The summed E-state index contributed by atoms with van der Waals surface area (Å²) >= 11 is 5.96. The van der Waals surface area contributed by atoms with Gasteiger partial charge in [0.1, 0.15) is 0 Å². The average Bonchev–Trinajstić information content (AvgIpc) is 2.98. The molecule has 2 aliphatic rings. The quantitative estimate of drug-likeness (QED) is 0.386. The van der Waals surface area contributed by atoms with Crippen molar-refractivity contribution in [2.75, 3.05) is 36.5 Å². The molecular weight excluding hydrogens is 514 g/mol. The number of piperidine rings is 1. The highest BCUT2D eigenvalue weighted by atomic mass is 35.5. The Hall–Kier alpha value is -3.84. The van der Waals surface area contributed by atoms with Gasteiger partial charge in [0.15, 0.2) is 0 Å². The van der Waals surface area contributed by atoms with E-state index in [1.165, 1.54) is 5.56 Å². The summed E-state index contributed by atoms with van der Waals surface area (Å²) in [6.07, 6.45) is 2.21. The second kappa shape index (κ2) is 11.9. The molecule has 1 atom stereocenters. The van der Waals surface area contributed by atoms with Crippen LogP contribution in [0.25, 0.3) is 0 Å². The predicted octanol–water partition coefficient (Wildman–Crippen LogP) is 6.45. The minimum atomic E-state index is -0.342. The molecule has 2 heterocycles. The van der Waals surface area contributed by atoms with E-state index in [1.54, 1.807) is 29.2 Å². The summed E-state index contributed by atoms with van der Waals surface area (Å²) in [6, 6.07) is 22.5. The molecule has 2 saturated heterocycles. The van der Waals surface area contributed by atoms with Crippen LogP contribution in [-0.2, 0) is 9.53 Å². The summed E-state index contributed by atoms with van der Waals surface area (Å²) in [5, 5.41) is 3.65. The van der Waals surface area contributed by atoms with Crippen LogP contribution in [0.5, 0.6) is 0 Å². The van der Waals surface area contributed by atoms with Gasteiger partial charge in [-0.25, -0.2) is 4.79 Å². The molecule has 1 unspecified atom stereocenters. The van der Waals surface area contributed by atoms with Gasteiger partial charge in [-0.2, -0.15) is 0 Å². The third kappa shape index (κ3) is 6.25. The Morgan fingerprint density at radius 2 is 1.59 bits per heavy atom. The lowest BCUT2D eigenvalue weighted by atomic mass is 9.89. The van der Waals surface area contributed by atoms with Crippen molar-refractivity contribution >= 4 is 40.9 Å².